The molecule has 0 saturated heterocycles. The summed E-state index contributed by atoms with van der Waals surface area (Å²) < 4.78 is 27.8. The Bertz CT molecular complexity index is 753. The topological polar surface area (TPSA) is 94.5 Å². The maximum atomic E-state index is 13.1. The molecule has 0 atom stereocenters. The molecule has 0 amide bonds. The second kappa shape index (κ2) is 5.12. The zero-order chi connectivity index (χ0) is 14.8. The van der Waals surface area contributed by atoms with Gasteiger partial charge in [0.2, 0.25) is 17.8 Å². The first-order valence-corrected chi connectivity index (χ1v) is 5.83. The molecule has 1 aromatic carbocycles. The van der Waals surface area contributed by atoms with Crippen LogP contribution in [0.5, 0.6) is 0 Å². The molecule has 3 aromatic rings. The standard InChI is InChI=1S/C12H9F2N7/c13-7-3-8(14)5-9(4-7)17-11-18-10(15)19-12(20-11)21-2-1-16-6-21/h1-6H,(H3,15,17,18,19,20). The van der Waals surface area contributed by atoms with Crippen LogP contribution in [0, 0.1) is 11.6 Å². The Morgan fingerprint density at radius 2 is 1.81 bits per heavy atom. The van der Waals surface area contributed by atoms with Gasteiger partial charge in [0.1, 0.15) is 18.0 Å². The number of nitrogens with one attached hydrogen (secondary N) is 1. The molecule has 9 heteroatoms. The van der Waals surface area contributed by atoms with Crippen molar-refractivity contribution in [3.8, 4) is 5.95 Å². The highest BCUT2D eigenvalue weighted by Crippen LogP contribution is 2.17. The fourth-order valence-corrected chi connectivity index (χ4v) is 1.68. The fourth-order valence-electron chi connectivity index (χ4n) is 1.68. The van der Waals surface area contributed by atoms with E-state index < -0.39 is 11.6 Å². The summed E-state index contributed by atoms with van der Waals surface area (Å²) >= 11 is 0. The van der Waals surface area contributed by atoms with Crippen LogP contribution in [0.25, 0.3) is 5.95 Å². The highest BCUT2D eigenvalue weighted by atomic mass is 19.1. The van der Waals surface area contributed by atoms with Crippen molar-refractivity contribution in [2.24, 2.45) is 0 Å². The van der Waals surface area contributed by atoms with Gasteiger partial charge in [0.15, 0.2) is 0 Å². The summed E-state index contributed by atoms with van der Waals surface area (Å²) in [4.78, 5) is 15.8. The fraction of sp³-hybridized carbons (Fsp3) is 0. The summed E-state index contributed by atoms with van der Waals surface area (Å²) in [7, 11) is 0. The maximum absolute atomic E-state index is 13.1. The van der Waals surface area contributed by atoms with Crippen molar-refractivity contribution < 1.29 is 8.78 Å². The van der Waals surface area contributed by atoms with E-state index in [4.69, 9.17) is 5.73 Å². The lowest BCUT2D eigenvalue weighted by molar-refractivity contribution is 0.584. The first kappa shape index (κ1) is 12.9. The molecule has 0 saturated carbocycles. The van der Waals surface area contributed by atoms with Crippen molar-refractivity contribution in [3.63, 3.8) is 0 Å². The third-order valence-corrected chi connectivity index (χ3v) is 2.49. The second-order valence-electron chi connectivity index (χ2n) is 4.07. The van der Waals surface area contributed by atoms with Crippen LogP contribution >= 0.6 is 0 Å². The number of imidazole rings is 1. The first-order valence-electron chi connectivity index (χ1n) is 5.83. The Labute approximate surface area is 117 Å². The smallest absolute Gasteiger partial charge is 0.241 e. The van der Waals surface area contributed by atoms with Crippen LogP contribution < -0.4 is 11.1 Å². The normalized spacial score (nSPS) is 10.6. The van der Waals surface area contributed by atoms with Crippen LogP contribution in [0.4, 0.5) is 26.4 Å². The number of anilines is 3. The van der Waals surface area contributed by atoms with E-state index in [-0.39, 0.29) is 23.5 Å². The second-order valence-corrected chi connectivity index (χ2v) is 4.07. The van der Waals surface area contributed by atoms with Gasteiger partial charge in [-0.05, 0) is 12.1 Å². The van der Waals surface area contributed by atoms with Gasteiger partial charge in [-0.25, -0.2) is 13.8 Å². The van der Waals surface area contributed by atoms with Gasteiger partial charge in [0.25, 0.3) is 0 Å². The molecule has 106 valence electrons. The average molecular weight is 289 g/mol. The molecule has 0 spiro atoms. The van der Waals surface area contributed by atoms with E-state index in [1.807, 2.05) is 0 Å². The van der Waals surface area contributed by atoms with Crippen molar-refractivity contribution in [3.05, 3.63) is 48.6 Å². The predicted molar refractivity (Wildman–Crippen MR) is 71.0 cm³/mol. The zero-order valence-electron chi connectivity index (χ0n) is 10.5. The van der Waals surface area contributed by atoms with Crippen molar-refractivity contribution >= 4 is 17.6 Å². The van der Waals surface area contributed by atoms with Gasteiger partial charge in [-0.2, -0.15) is 15.0 Å². The van der Waals surface area contributed by atoms with E-state index in [0.717, 1.165) is 18.2 Å². The SMILES string of the molecule is Nc1nc(Nc2cc(F)cc(F)c2)nc(-n2ccnc2)n1. The Hall–Kier alpha value is -3.10. The molecule has 0 unspecified atom stereocenters. The molecule has 3 rings (SSSR count). The van der Waals surface area contributed by atoms with Gasteiger partial charge in [-0.15, -0.1) is 0 Å². The number of hydrogen-bond donors (Lipinski definition) is 2. The Balaban J connectivity index is 1.95. The molecule has 0 aliphatic heterocycles. The molecule has 2 heterocycles. The lowest BCUT2D eigenvalue weighted by Crippen LogP contribution is -2.08. The molecule has 0 aliphatic rings. The monoisotopic (exact) mass is 289 g/mol. The predicted octanol–water partition coefficient (Wildman–Crippen LogP) is 1.66. The molecule has 0 bridgehead atoms. The molecule has 0 aliphatic carbocycles. The van der Waals surface area contributed by atoms with Crippen LogP contribution in [-0.4, -0.2) is 24.5 Å². The number of nitrogens with zero attached hydrogens (tertiary/aromatic N) is 5. The number of halogens is 2. The Kier molecular flexibility index (Phi) is 3.14. The quantitative estimate of drug-likeness (QED) is 0.761. The summed E-state index contributed by atoms with van der Waals surface area (Å²) in [5.41, 5.74) is 5.76. The van der Waals surface area contributed by atoms with Crippen LogP contribution in [-0.2, 0) is 0 Å². The number of nitrogen functional groups attached to an aromatic ring is 1. The Morgan fingerprint density at radius 3 is 2.48 bits per heavy atom. The lowest BCUT2D eigenvalue weighted by atomic mass is 10.3. The molecule has 3 N–H and O–H groups in total. The molecular formula is C12H9F2N7. The maximum Gasteiger partial charge on any atom is 0.241 e. The van der Waals surface area contributed by atoms with Gasteiger partial charge in [-0.1, -0.05) is 0 Å². The summed E-state index contributed by atoms with van der Waals surface area (Å²) in [5.74, 6) is -1.16. The molecular weight excluding hydrogens is 280 g/mol. The highest BCUT2D eigenvalue weighted by molar-refractivity contribution is 5.54. The van der Waals surface area contributed by atoms with E-state index in [0.29, 0.717) is 0 Å². The summed E-state index contributed by atoms with van der Waals surface area (Å²) in [6.07, 6.45) is 4.66. The minimum atomic E-state index is -0.714. The summed E-state index contributed by atoms with van der Waals surface area (Å²) in [5, 5.41) is 2.67. The number of benzene rings is 1. The van der Waals surface area contributed by atoms with Gasteiger partial charge < -0.3 is 11.1 Å². The molecule has 7 nitrogen and oxygen atoms in total. The third-order valence-electron chi connectivity index (χ3n) is 2.49. The van der Waals surface area contributed by atoms with E-state index in [2.05, 4.69) is 25.3 Å². The number of rotatable bonds is 3. The zero-order valence-corrected chi connectivity index (χ0v) is 10.5. The Morgan fingerprint density at radius 1 is 1.05 bits per heavy atom. The van der Waals surface area contributed by atoms with Crippen LogP contribution in [0.3, 0.4) is 0 Å². The molecule has 2 aromatic heterocycles. The van der Waals surface area contributed by atoms with Gasteiger partial charge >= 0.3 is 0 Å². The minimum Gasteiger partial charge on any atom is -0.368 e. The summed E-state index contributed by atoms with van der Waals surface area (Å²) in [6.45, 7) is 0. The van der Waals surface area contributed by atoms with Crippen molar-refractivity contribution in [2.45, 2.75) is 0 Å². The number of nitrogens with two attached hydrogens (primary N) is 1. The van der Waals surface area contributed by atoms with E-state index in [9.17, 15) is 8.78 Å². The average Bonchev–Trinajstić information content (AvgIpc) is 2.90. The lowest BCUT2D eigenvalue weighted by Gasteiger charge is -2.07. The highest BCUT2D eigenvalue weighted by Gasteiger charge is 2.08. The molecule has 21 heavy (non-hydrogen) atoms. The first-order chi connectivity index (χ1) is 10.1. The van der Waals surface area contributed by atoms with Crippen molar-refractivity contribution in [1.82, 2.24) is 24.5 Å². The van der Waals surface area contributed by atoms with Gasteiger partial charge in [0.05, 0.1) is 0 Å². The van der Waals surface area contributed by atoms with E-state index in [1.54, 1.807) is 12.4 Å². The number of aromatic nitrogens is 5. The van der Waals surface area contributed by atoms with Crippen LogP contribution in [0.15, 0.2) is 36.9 Å². The van der Waals surface area contributed by atoms with Gasteiger partial charge in [0, 0.05) is 24.1 Å². The van der Waals surface area contributed by atoms with Gasteiger partial charge in [-0.3, -0.25) is 4.57 Å². The van der Waals surface area contributed by atoms with Crippen molar-refractivity contribution in [2.75, 3.05) is 11.1 Å². The minimum absolute atomic E-state index is 0.0342. The molecule has 0 fully saturated rings. The summed E-state index contributed by atoms with van der Waals surface area (Å²) in [6, 6.07) is 2.99. The molecule has 0 radical (unpaired) electrons. The largest absolute Gasteiger partial charge is 0.368 e. The van der Waals surface area contributed by atoms with Crippen molar-refractivity contribution in [1.29, 1.82) is 0 Å². The third kappa shape index (κ3) is 2.91. The van der Waals surface area contributed by atoms with E-state index >= 15 is 0 Å². The number of hydrogen-bond acceptors (Lipinski definition) is 6. The van der Waals surface area contributed by atoms with Crippen LogP contribution in [0.1, 0.15) is 0 Å². The van der Waals surface area contributed by atoms with Crippen LogP contribution in [0.2, 0.25) is 0 Å². The van der Waals surface area contributed by atoms with E-state index in [1.165, 1.54) is 10.9 Å².